The molecule has 1 fully saturated rings. The molecule has 0 aromatic heterocycles. The molecule has 3 rings (SSSR count). The van der Waals surface area contributed by atoms with E-state index < -0.39 is 0 Å². The minimum Gasteiger partial charge on any atom is -0.489 e. The molecule has 20 heavy (non-hydrogen) atoms. The lowest BCUT2D eigenvalue weighted by Crippen LogP contribution is -2.15. The van der Waals surface area contributed by atoms with E-state index in [2.05, 4.69) is 76.4 Å². The van der Waals surface area contributed by atoms with Crippen LogP contribution in [0.4, 0.5) is 0 Å². The number of hydrogen-bond acceptors (Lipinski definition) is 2. The maximum Gasteiger partial charge on any atom is 0.119 e. The highest BCUT2D eigenvalue weighted by Crippen LogP contribution is 2.20. The first-order valence-corrected chi connectivity index (χ1v) is 8.07. The summed E-state index contributed by atoms with van der Waals surface area (Å²) in [5, 5.41) is 3.51. The molecule has 0 spiro atoms. The normalized spacial score (nSPS) is 14.2. The number of nitrogens with one attached hydrogen (secondary N) is 1. The van der Waals surface area contributed by atoms with Crippen molar-refractivity contribution in [3.05, 3.63) is 63.2 Å². The minimum absolute atomic E-state index is 0.622. The molecule has 1 saturated carbocycles. The molecule has 2 aromatic rings. The lowest BCUT2D eigenvalue weighted by Gasteiger charge is -2.08. The SMILES string of the molecule is Ic1ccc(COc2ccc(CNC3CC3)cc2)cc1. The van der Waals surface area contributed by atoms with Gasteiger partial charge >= 0.3 is 0 Å². The van der Waals surface area contributed by atoms with Crippen molar-refractivity contribution in [1.82, 2.24) is 5.32 Å². The van der Waals surface area contributed by atoms with E-state index in [1.807, 2.05) is 0 Å². The van der Waals surface area contributed by atoms with Crippen molar-refractivity contribution in [1.29, 1.82) is 0 Å². The highest BCUT2D eigenvalue weighted by atomic mass is 127. The van der Waals surface area contributed by atoms with Gasteiger partial charge in [-0.2, -0.15) is 0 Å². The van der Waals surface area contributed by atoms with E-state index in [0.29, 0.717) is 6.61 Å². The Labute approximate surface area is 133 Å². The Morgan fingerprint density at radius 1 is 0.950 bits per heavy atom. The standard InChI is InChI=1S/C17H18INO/c18-15-5-1-14(2-6-15)12-20-17-9-3-13(4-10-17)11-19-16-7-8-16/h1-6,9-10,16,19H,7-8,11-12H2. The molecule has 3 heteroatoms. The van der Waals surface area contributed by atoms with Crippen LogP contribution in [0.5, 0.6) is 5.75 Å². The van der Waals surface area contributed by atoms with Crippen molar-refractivity contribution >= 4 is 22.6 Å². The Bertz CT molecular complexity index is 546. The van der Waals surface area contributed by atoms with Crippen LogP contribution in [0.1, 0.15) is 24.0 Å². The van der Waals surface area contributed by atoms with Gasteiger partial charge in [-0.1, -0.05) is 24.3 Å². The molecule has 0 heterocycles. The first-order chi connectivity index (χ1) is 9.79. The lowest BCUT2D eigenvalue weighted by molar-refractivity contribution is 0.306. The van der Waals surface area contributed by atoms with E-state index in [9.17, 15) is 0 Å². The molecule has 0 bridgehead atoms. The average Bonchev–Trinajstić information content (AvgIpc) is 3.30. The van der Waals surface area contributed by atoms with Crippen molar-refractivity contribution in [2.45, 2.75) is 32.0 Å². The molecule has 1 N–H and O–H groups in total. The van der Waals surface area contributed by atoms with E-state index in [0.717, 1.165) is 18.3 Å². The molecule has 2 nitrogen and oxygen atoms in total. The van der Waals surface area contributed by atoms with E-state index >= 15 is 0 Å². The third-order valence-corrected chi connectivity index (χ3v) is 4.13. The van der Waals surface area contributed by atoms with Gasteiger partial charge in [0.2, 0.25) is 0 Å². The van der Waals surface area contributed by atoms with Crippen LogP contribution in [-0.4, -0.2) is 6.04 Å². The van der Waals surface area contributed by atoms with Crippen LogP contribution in [0.2, 0.25) is 0 Å². The molecule has 0 aliphatic heterocycles. The molecule has 104 valence electrons. The predicted molar refractivity (Wildman–Crippen MR) is 89.8 cm³/mol. The maximum absolute atomic E-state index is 5.80. The molecule has 1 aliphatic carbocycles. The quantitative estimate of drug-likeness (QED) is 0.763. The van der Waals surface area contributed by atoms with Gasteiger partial charge in [0.05, 0.1) is 0 Å². The van der Waals surface area contributed by atoms with Gasteiger partial charge in [0.15, 0.2) is 0 Å². The van der Waals surface area contributed by atoms with Gasteiger partial charge in [0, 0.05) is 16.2 Å². The van der Waals surface area contributed by atoms with Crippen LogP contribution >= 0.6 is 22.6 Å². The van der Waals surface area contributed by atoms with Gasteiger partial charge in [0.25, 0.3) is 0 Å². The van der Waals surface area contributed by atoms with Crippen molar-refractivity contribution < 1.29 is 4.74 Å². The summed E-state index contributed by atoms with van der Waals surface area (Å²) < 4.78 is 7.05. The Balaban J connectivity index is 1.50. The van der Waals surface area contributed by atoms with Crippen LogP contribution in [0.15, 0.2) is 48.5 Å². The van der Waals surface area contributed by atoms with Gasteiger partial charge in [-0.25, -0.2) is 0 Å². The second-order valence-electron chi connectivity index (χ2n) is 5.21. The Hall–Kier alpha value is -1.07. The van der Waals surface area contributed by atoms with Crippen molar-refractivity contribution in [3.63, 3.8) is 0 Å². The lowest BCUT2D eigenvalue weighted by atomic mass is 10.2. The fourth-order valence-corrected chi connectivity index (χ4v) is 2.36. The van der Waals surface area contributed by atoms with E-state index in [4.69, 9.17) is 4.74 Å². The van der Waals surface area contributed by atoms with Crippen molar-refractivity contribution in [3.8, 4) is 5.75 Å². The highest BCUT2D eigenvalue weighted by Gasteiger charge is 2.19. The zero-order valence-electron chi connectivity index (χ0n) is 11.3. The molecule has 2 aromatic carbocycles. The topological polar surface area (TPSA) is 21.3 Å². The first-order valence-electron chi connectivity index (χ1n) is 6.99. The summed E-state index contributed by atoms with van der Waals surface area (Å²) in [6.45, 7) is 1.58. The summed E-state index contributed by atoms with van der Waals surface area (Å²) in [5.41, 5.74) is 2.52. The van der Waals surface area contributed by atoms with Crippen LogP contribution in [0, 0.1) is 3.57 Å². The number of rotatable bonds is 6. The van der Waals surface area contributed by atoms with Crippen molar-refractivity contribution in [2.24, 2.45) is 0 Å². The molecule has 0 unspecified atom stereocenters. The minimum atomic E-state index is 0.622. The highest BCUT2D eigenvalue weighted by molar-refractivity contribution is 14.1. The van der Waals surface area contributed by atoms with E-state index in [-0.39, 0.29) is 0 Å². The predicted octanol–water partition coefficient (Wildman–Crippen LogP) is 4.12. The van der Waals surface area contributed by atoms with Gasteiger partial charge in [-0.3, -0.25) is 0 Å². The summed E-state index contributed by atoms with van der Waals surface area (Å²) in [7, 11) is 0. The number of benzene rings is 2. The third-order valence-electron chi connectivity index (χ3n) is 3.41. The van der Waals surface area contributed by atoms with E-state index in [1.165, 1.54) is 27.5 Å². The average molecular weight is 379 g/mol. The molecule has 0 saturated heterocycles. The Morgan fingerprint density at radius 2 is 1.60 bits per heavy atom. The summed E-state index contributed by atoms with van der Waals surface area (Å²) in [6.07, 6.45) is 2.66. The maximum atomic E-state index is 5.80. The summed E-state index contributed by atoms with van der Waals surface area (Å²) in [6, 6.07) is 17.6. The number of hydrogen-bond donors (Lipinski definition) is 1. The van der Waals surface area contributed by atoms with Gasteiger partial charge in [0.1, 0.15) is 12.4 Å². The fourth-order valence-electron chi connectivity index (χ4n) is 2.00. The van der Waals surface area contributed by atoms with Gasteiger partial charge in [-0.05, 0) is 70.8 Å². The zero-order valence-corrected chi connectivity index (χ0v) is 13.5. The fraction of sp³-hybridized carbons (Fsp3) is 0.294. The molecule has 0 atom stereocenters. The monoisotopic (exact) mass is 379 g/mol. The van der Waals surface area contributed by atoms with Crippen LogP contribution in [-0.2, 0) is 13.2 Å². The summed E-state index contributed by atoms with van der Waals surface area (Å²) >= 11 is 2.31. The smallest absolute Gasteiger partial charge is 0.119 e. The molecule has 1 aliphatic rings. The van der Waals surface area contributed by atoms with Gasteiger partial charge < -0.3 is 10.1 Å². The van der Waals surface area contributed by atoms with Crippen LogP contribution < -0.4 is 10.1 Å². The van der Waals surface area contributed by atoms with Crippen LogP contribution in [0.3, 0.4) is 0 Å². The van der Waals surface area contributed by atoms with Gasteiger partial charge in [-0.15, -0.1) is 0 Å². The number of halogens is 1. The molecular weight excluding hydrogens is 361 g/mol. The molecule has 0 radical (unpaired) electrons. The second kappa shape index (κ2) is 6.59. The Kier molecular flexibility index (Phi) is 4.58. The molecule has 0 amide bonds. The van der Waals surface area contributed by atoms with Crippen LogP contribution in [0.25, 0.3) is 0 Å². The largest absolute Gasteiger partial charge is 0.489 e. The Morgan fingerprint density at radius 3 is 2.25 bits per heavy atom. The third kappa shape index (κ3) is 4.21. The molecular formula is C17H18INO. The van der Waals surface area contributed by atoms with Crippen molar-refractivity contribution in [2.75, 3.05) is 0 Å². The number of ether oxygens (including phenoxy) is 1. The zero-order chi connectivity index (χ0) is 13.8. The summed E-state index contributed by atoms with van der Waals surface area (Å²) in [4.78, 5) is 0. The van der Waals surface area contributed by atoms with E-state index in [1.54, 1.807) is 0 Å². The first kappa shape index (κ1) is 13.9. The second-order valence-corrected chi connectivity index (χ2v) is 6.46. The summed E-state index contributed by atoms with van der Waals surface area (Å²) in [5.74, 6) is 0.929.